The van der Waals surface area contributed by atoms with E-state index in [4.69, 9.17) is 0 Å². The summed E-state index contributed by atoms with van der Waals surface area (Å²) in [4.78, 5) is 0. The van der Waals surface area contributed by atoms with E-state index in [-0.39, 0.29) is 11.5 Å². The van der Waals surface area contributed by atoms with Crippen LogP contribution in [0.15, 0.2) is 47.6 Å². The van der Waals surface area contributed by atoms with Gasteiger partial charge in [-0.2, -0.15) is 0 Å². The Hall–Kier alpha value is -1.16. The van der Waals surface area contributed by atoms with Gasteiger partial charge in [0.1, 0.15) is 6.10 Å². The van der Waals surface area contributed by atoms with Gasteiger partial charge in [0.05, 0.1) is 11.7 Å². The number of rotatable bonds is 5. The molecule has 0 heterocycles. The van der Waals surface area contributed by atoms with Crippen molar-refractivity contribution in [3.63, 3.8) is 0 Å². The Bertz CT molecular complexity index is 723. The molecule has 0 amide bonds. The highest BCUT2D eigenvalue weighted by Gasteiger charge is 2.50. The SMILES string of the molecule is C=C1CC[C@H](O)C/C1=C/C=C1\CCC[C@]2(C)[C@@H]([C@H](C)/C=C/[C@@H](O)C(C)(C)O)CC[C@@H]12. The minimum Gasteiger partial charge on any atom is -0.393 e. The maximum atomic E-state index is 10.2. The smallest absolute Gasteiger partial charge is 0.100 e. The van der Waals surface area contributed by atoms with Gasteiger partial charge < -0.3 is 15.3 Å². The van der Waals surface area contributed by atoms with Crippen molar-refractivity contribution in [2.24, 2.45) is 23.2 Å². The second-order valence-electron chi connectivity index (χ2n) is 10.9. The Morgan fingerprint density at radius 1 is 1.13 bits per heavy atom. The van der Waals surface area contributed by atoms with Gasteiger partial charge in [-0.1, -0.05) is 55.9 Å². The van der Waals surface area contributed by atoms with E-state index in [0.717, 1.165) is 19.3 Å². The molecule has 0 aromatic rings. The van der Waals surface area contributed by atoms with Gasteiger partial charge in [-0.05, 0) is 94.0 Å². The highest BCUT2D eigenvalue weighted by Crippen LogP contribution is 2.59. The van der Waals surface area contributed by atoms with Crippen LogP contribution in [0.5, 0.6) is 0 Å². The number of aliphatic hydroxyl groups is 3. The van der Waals surface area contributed by atoms with E-state index < -0.39 is 11.7 Å². The number of hydrogen-bond donors (Lipinski definition) is 3. The van der Waals surface area contributed by atoms with Crippen molar-refractivity contribution in [1.82, 2.24) is 0 Å². The summed E-state index contributed by atoms with van der Waals surface area (Å²) >= 11 is 0. The van der Waals surface area contributed by atoms with Crippen LogP contribution < -0.4 is 0 Å². The average molecular weight is 415 g/mol. The Labute approximate surface area is 183 Å². The standard InChI is InChI=1S/C27H42O3/c1-18-8-12-22(28)17-21(18)11-10-20-7-6-16-27(5)23(13-14-24(20)27)19(2)9-15-25(29)26(3,4)30/h9-11,15,19,22-25,28-30H,1,6-8,12-14,16-17H2,2-5H3/b15-9+,20-10+,21-11-/t19-,22+,23-,24+,25-,27-/m1/s1. The predicted octanol–water partition coefficient (Wildman–Crippen LogP) is 5.48. The highest BCUT2D eigenvalue weighted by molar-refractivity contribution is 5.36. The van der Waals surface area contributed by atoms with Crippen molar-refractivity contribution < 1.29 is 15.3 Å². The van der Waals surface area contributed by atoms with E-state index in [1.807, 2.05) is 0 Å². The second kappa shape index (κ2) is 9.14. The topological polar surface area (TPSA) is 60.7 Å². The maximum Gasteiger partial charge on any atom is 0.100 e. The zero-order valence-corrected chi connectivity index (χ0v) is 19.4. The van der Waals surface area contributed by atoms with E-state index in [9.17, 15) is 15.3 Å². The molecular formula is C27H42O3. The first-order valence-electron chi connectivity index (χ1n) is 11.9. The third kappa shape index (κ3) is 5.00. The lowest BCUT2D eigenvalue weighted by Gasteiger charge is -2.44. The molecule has 3 aliphatic carbocycles. The van der Waals surface area contributed by atoms with Crippen LogP contribution in [0.2, 0.25) is 0 Å². The van der Waals surface area contributed by atoms with E-state index in [1.54, 1.807) is 25.5 Å². The zero-order valence-electron chi connectivity index (χ0n) is 19.4. The molecule has 0 aromatic carbocycles. The van der Waals surface area contributed by atoms with Crippen LogP contribution in [0.3, 0.4) is 0 Å². The fourth-order valence-electron chi connectivity index (χ4n) is 6.19. The Kier molecular flexibility index (Phi) is 7.16. The summed E-state index contributed by atoms with van der Waals surface area (Å²) < 4.78 is 0. The first kappa shape index (κ1) is 23.5. The van der Waals surface area contributed by atoms with Crippen LogP contribution in [-0.4, -0.2) is 33.1 Å². The van der Waals surface area contributed by atoms with Crippen molar-refractivity contribution in [3.8, 4) is 0 Å². The van der Waals surface area contributed by atoms with Crippen molar-refractivity contribution >= 4 is 0 Å². The summed E-state index contributed by atoms with van der Waals surface area (Å²) in [5.41, 5.74) is 3.15. The molecule has 168 valence electrons. The van der Waals surface area contributed by atoms with Gasteiger partial charge in [0.15, 0.2) is 0 Å². The molecule has 0 aromatic heterocycles. The fraction of sp³-hybridized carbons (Fsp3) is 0.704. The summed E-state index contributed by atoms with van der Waals surface area (Å²) in [6.07, 6.45) is 16.0. The van der Waals surface area contributed by atoms with Crippen molar-refractivity contribution in [2.75, 3.05) is 0 Å². The van der Waals surface area contributed by atoms with Crippen molar-refractivity contribution in [3.05, 3.63) is 47.6 Å². The molecule has 3 rings (SSSR count). The molecule has 3 saturated carbocycles. The second-order valence-corrected chi connectivity index (χ2v) is 10.9. The highest BCUT2D eigenvalue weighted by atomic mass is 16.3. The molecule has 0 bridgehead atoms. The summed E-state index contributed by atoms with van der Waals surface area (Å²) in [7, 11) is 0. The van der Waals surface area contributed by atoms with Gasteiger partial charge in [0.2, 0.25) is 0 Å². The summed E-state index contributed by atoms with van der Waals surface area (Å²) in [5.74, 6) is 1.59. The molecule has 30 heavy (non-hydrogen) atoms. The molecule has 3 N–H and O–H groups in total. The molecular weight excluding hydrogens is 372 g/mol. The average Bonchev–Trinajstić information content (AvgIpc) is 3.03. The maximum absolute atomic E-state index is 10.2. The molecule has 3 aliphatic rings. The summed E-state index contributed by atoms with van der Waals surface area (Å²) in [5, 5.41) is 30.2. The largest absolute Gasteiger partial charge is 0.393 e. The van der Waals surface area contributed by atoms with Crippen LogP contribution in [0, 0.1) is 23.2 Å². The van der Waals surface area contributed by atoms with Crippen LogP contribution in [-0.2, 0) is 0 Å². The number of aliphatic hydroxyl groups excluding tert-OH is 2. The lowest BCUT2D eigenvalue weighted by atomic mass is 9.61. The lowest BCUT2D eigenvalue weighted by molar-refractivity contribution is -0.0229. The molecule has 0 radical (unpaired) electrons. The third-order valence-corrected chi connectivity index (χ3v) is 8.18. The van der Waals surface area contributed by atoms with E-state index in [0.29, 0.717) is 17.8 Å². The van der Waals surface area contributed by atoms with Crippen molar-refractivity contribution in [1.29, 1.82) is 0 Å². The first-order valence-corrected chi connectivity index (χ1v) is 11.9. The van der Waals surface area contributed by atoms with E-state index in [1.165, 1.54) is 43.3 Å². The first-order chi connectivity index (χ1) is 14.0. The van der Waals surface area contributed by atoms with Crippen LogP contribution in [0.25, 0.3) is 0 Å². The fourth-order valence-corrected chi connectivity index (χ4v) is 6.19. The van der Waals surface area contributed by atoms with Crippen LogP contribution in [0.4, 0.5) is 0 Å². The minimum absolute atomic E-state index is 0.223. The third-order valence-electron chi connectivity index (χ3n) is 8.18. The van der Waals surface area contributed by atoms with Gasteiger partial charge in [0.25, 0.3) is 0 Å². The molecule has 3 fully saturated rings. The van der Waals surface area contributed by atoms with Gasteiger partial charge in [-0.25, -0.2) is 0 Å². The zero-order chi connectivity index (χ0) is 22.1. The number of hydrogen-bond acceptors (Lipinski definition) is 3. The number of fused-ring (bicyclic) bond motifs is 1. The molecule has 0 spiro atoms. The Balaban J connectivity index is 1.75. The van der Waals surface area contributed by atoms with Crippen LogP contribution in [0.1, 0.15) is 79.1 Å². The van der Waals surface area contributed by atoms with Gasteiger partial charge in [-0.15, -0.1) is 0 Å². The normalized spacial score (nSPS) is 37.7. The predicted molar refractivity (Wildman–Crippen MR) is 124 cm³/mol. The number of allylic oxidation sites excluding steroid dienone is 5. The quantitative estimate of drug-likeness (QED) is 0.522. The van der Waals surface area contributed by atoms with Gasteiger partial charge in [0, 0.05) is 0 Å². The Morgan fingerprint density at radius 3 is 2.57 bits per heavy atom. The van der Waals surface area contributed by atoms with Gasteiger partial charge in [-0.3, -0.25) is 0 Å². The molecule has 6 atom stereocenters. The lowest BCUT2D eigenvalue weighted by Crippen LogP contribution is -2.36. The van der Waals surface area contributed by atoms with E-state index in [2.05, 4.69) is 38.7 Å². The molecule has 0 unspecified atom stereocenters. The van der Waals surface area contributed by atoms with Crippen LogP contribution >= 0.6 is 0 Å². The Morgan fingerprint density at radius 2 is 1.87 bits per heavy atom. The molecule has 0 aliphatic heterocycles. The minimum atomic E-state index is -1.11. The van der Waals surface area contributed by atoms with E-state index >= 15 is 0 Å². The molecule has 3 heteroatoms. The van der Waals surface area contributed by atoms with Crippen molar-refractivity contribution in [2.45, 2.75) is 96.9 Å². The van der Waals surface area contributed by atoms with Gasteiger partial charge >= 0.3 is 0 Å². The molecule has 3 nitrogen and oxygen atoms in total. The summed E-state index contributed by atoms with van der Waals surface area (Å²) in [6.45, 7) is 12.2. The molecule has 0 saturated heterocycles. The monoisotopic (exact) mass is 414 g/mol. The summed E-state index contributed by atoms with van der Waals surface area (Å²) in [6, 6.07) is 0.